The molecule has 2 aromatic carbocycles. The Morgan fingerprint density at radius 3 is 2.41 bits per heavy atom. The topological polar surface area (TPSA) is 29.9 Å². The molecule has 3 aromatic heterocycles. The van der Waals surface area contributed by atoms with Crippen LogP contribution in [0.5, 0.6) is 0 Å². The van der Waals surface area contributed by atoms with E-state index in [-0.39, 0.29) is 10.8 Å². The van der Waals surface area contributed by atoms with Gasteiger partial charge in [-0.2, -0.15) is 0 Å². The number of benzene rings is 2. The highest BCUT2D eigenvalue weighted by molar-refractivity contribution is 6.11. The Bertz CT molecular complexity index is 1640. The largest absolute Gasteiger partial charge is 0.437 e. The lowest BCUT2D eigenvalue weighted by atomic mass is 9.62. The molecule has 34 heavy (non-hydrogen) atoms. The summed E-state index contributed by atoms with van der Waals surface area (Å²) in [4.78, 5) is 5.22. The zero-order valence-electron chi connectivity index (χ0n) is 21.3. The molecule has 0 bridgehead atoms. The van der Waals surface area contributed by atoms with E-state index >= 15 is 0 Å². The number of nitrogens with zero attached hydrogens (tertiary/aromatic N) is 2. The summed E-state index contributed by atoms with van der Waals surface area (Å²) in [6.07, 6.45) is 4.53. The third-order valence-electron chi connectivity index (χ3n) is 8.13. The summed E-state index contributed by atoms with van der Waals surface area (Å²) < 4.78 is 8.79. The molecule has 172 valence electrons. The van der Waals surface area contributed by atoms with Crippen LogP contribution in [0.2, 0.25) is 0 Å². The smallest absolute Gasteiger partial charge is 0.227 e. The van der Waals surface area contributed by atoms with Crippen LogP contribution in [0.3, 0.4) is 0 Å². The van der Waals surface area contributed by atoms with E-state index in [9.17, 15) is 0 Å². The Kier molecular flexibility index (Phi) is 4.34. The molecule has 0 unspecified atom stereocenters. The molecule has 3 heteroatoms. The first-order valence-corrected chi connectivity index (χ1v) is 12.3. The average Bonchev–Trinajstić information content (AvgIpc) is 3.13. The van der Waals surface area contributed by atoms with Gasteiger partial charge >= 0.3 is 0 Å². The Morgan fingerprint density at radius 2 is 1.65 bits per heavy atom. The maximum absolute atomic E-state index is 6.60. The normalized spacial score (nSPS) is 16.9. The van der Waals surface area contributed by atoms with Crippen LogP contribution in [-0.4, -0.2) is 4.98 Å². The molecule has 0 aliphatic heterocycles. The van der Waals surface area contributed by atoms with Gasteiger partial charge in [0.25, 0.3) is 0 Å². The lowest BCUT2D eigenvalue weighted by molar-refractivity contribution is -0.660. The van der Waals surface area contributed by atoms with Crippen molar-refractivity contribution in [2.75, 3.05) is 0 Å². The second-order valence-electron chi connectivity index (χ2n) is 11.6. The predicted molar refractivity (Wildman–Crippen MR) is 140 cm³/mol. The van der Waals surface area contributed by atoms with Gasteiger partial charge in [-0.15, -0.1) is 0 Å². The van der Waals surface area contributed by atoms with Crippen LogP contribution in [0.25, 0.3) is 44.2 Å². The highest BCUT2D eigenvalue weighted by atomic mass is 16.3. The van der Waals surface area contributed by atoms with Gasteiger partial charge in [-0.05, 0) is 66.3 Å². The van der Waals surface area contributed by atoms with Gasteiger partial charge in [0.15, 0.2) is 11.8 Å². The molecule has 0 spiro atoms. The summed E-state index contributed by atoms with van der Waals surface area (Å²) in [5, 5.41) is 3.41. The molecule has 3 nitrogen and oxygen atoms in total. The number of hydrogen-bond acceptors (Lipinski definition) is 2. The molecule has 0 N–H and O–H groups in total. The first kappa shape index (κ1) is 21.3. The van der Waals surface area contributed by atoms with Crippen LogP contribution in [0.15, 0.2) is 53.1 Å². The zero-order chi connectivity index (χ0) is 24.0. The summed E-state index contributed by atoms with van der Waals surface area (Å²) in [5.41, 5.74) is 10.6. The monoisotopic (exact) mass is 449 g/mol. The summed E-state index contributed by atoms with van der Waals surface area (Å²) in [5.74, 6) is 0. The summed E-state index contributed by atoms with van der Waals surface area (Å²) in [7, 11) is 2.10. The Labute approximate surface area is 201 Å². The molecule has 1 aliphatic rings. The number of fused-ring (bicyclic) bond motifs is 6. The second kappa shape index (κ2) is 6.91. The number of aromatic nitrogens is 2. The molecule has 0 fully saturated rings. The van der Waals surface area contributed by atoms with Gasteiger partial charge in [-0.1, -0.05) is 52.0 Å². The molecule has 0 atom stereocenters. The van der Waals surface area contributed by atoms with Gasteiger partial charge in [0, 0.05) is 27.8 Å². The minimum atomic E-state index is 0.0917. The Balaban J connectivity index is 1.70. The van der Waals surface area contributed by atoms with Gasteiger partial charge in [0.05, 0.1) is 11.1 Å². The SMILES string of the molecule is Cc1ccc(-c2c(C)ccc3c2oc2nc4c5c(ccc4cc23)C(C)(C)CCC5(C)C)[n+](C)c1. The third kappa shape index (κ3) is 2.95. The van der Waals surface area contributed by atoms with E-state index < -0.39 is 0 Å². The van der Waals surface area contributed by atoms with Crippen LogP contribution in [0.4, 0.5) is 0 Å². The summed E-state index contributed by atoms with van der Waals surface area (Å²) in [6, 6.07) is 15.6. The fraction of sp³-hybridized carbons (Fsp3) is 0.355. The molecular formula is C31H33N2O+. The molecule has 0 amide bonds. The van der Waals surface area contributed by atoms with Gasteiger partial charge < -0.3 is 4.42 Å². The number of pyridine rings is 2. The van der Waals surface area contributed by atoms with E-state index in [1.165, 1.54) is 40.5 Å². The average molecular weight is 450 g/mol. The van der Waals surface area contributed by atoms with E-state index in [0.29, 0.717) is 0 Å². The molecule has 0 saturated carbocycles. The first-order chi connectivity index (χ1) is 16.1. The lowest BCUT2D eigenvalue weighted by Gasteiger charge is -2.42. The molecule has 0 radical (unpaired) electrons. The third-order valence-corrected chi connectivity index (χ3v) is 8.13. The van der Waals surface area contributed by atoms with Crippen molar-refractivity contribution in [3.63, 3.8) is 0 Å². The molecular weight excluding hydrogens is 416 g/mol. The van der Waals surface area contributed by atoms with Crippen molar-refractivity contribution in [2.24, 2.45) is 7.05 Å². The maximum atomic E-state index is 6.60. The van der Waals surface area contributed by atoms with E-state index in [1.54, 1.807) is 0 Å². The van der Waals surface area contributed by atoms with E-state index in [1.807, 2.05) is 0 Å². The van der Waals surface area contributed by atoms with Crippen molar-refractivity contribution in [1.29, 1.82) is 0 Å². The molecule has 1 aliphatic carbocycles. The van der Waals surface area contributed by atoms with Crippen molar-refractivity contribution in [2.45, 2.75) is 65.2 Å². The number of hydrogen-bond donors (Lipinski definition) is 0. The fourth-order valence-electron chi connectivity index (χ4n) is 6.05. The van der Waals surface area contributed by atoms with Gasteiger partial charge in [-0.3, -0.25) is 0 Å². The van der Waals surface area contributed by atoms with E-state index in [0.717, 1.165) is 38.8 Å². The van der Waals surface area contributed by atoms with Crippen molar-refractivity contribution >= 4 is 33.0 Å². The Hall–Kier alpha value is -3.20. The van der Waals surface area contributed by atoms with Crippen molar-refractivity contribution in [1.82, 2.24) is 4.98 Å². The first-order valence-electron chi connectivity index (χ1n) is 12.3. The minimum absolute atomic E-state index is 0.0917. The second-order valence-corrected chi connectivity index (χ2v) is 11.6. The van der Waals surface area contributed by atoms with E-state index in [2.05, 4.69) is 102 Å². The molecule has 5 aromatic rings. The molecule has 6 rings (SSSR count). The van der Waals surface area contributed by atoms with Crippen LogP contribution in [0.1, 0.15) is 62.8 Å². The minimum Gasteiger partial charge on any atom is -0.437 e. The van der Waals surface area contributed by atoms with Crippen LogP contribution in [-0.2, 0) is 17.9 Å². The zero-order valence-corrected chi connectivity index (χ0v) is 21.3. The van der Waals surface area contributed by atoms with Crippen LogP contribution >= 0.6 is 0 Å². The van der Waals surface area contributed by atoms with Crippen LogP contribution < -0.4 is 4.57 Å². The van der Waals surface area contributed by atoms with Gasteiger partial charge in [0.2, 0.25) is 11.4 Å². The van der Waals surface area contributed by atoms with Crippen molar-refractivity contribution in [3.8, 4) is 11.3 Å². The number of rotatable bonds is 1. The van der Waals surface area contributed by atoms with Crippen molar-refractivity contribution in [3.05, 3.63) is 70.9 Å². The lowest BCUT2D eigenvalue weighted by Crippen LogP contribution is -2.34. The Morgan fingerprint density at radius 1 is 0.882 bits per heavy atom. The number of furan rings is 1. The van der Waals surface area contributed by atoms with Gasteiger partial charge in [-0.25, -0.2) is 9.55 Å². The quantitative estimate of drug-likeness (QED) is 0.247. The molecule has 0 saturated heterocycles. The predicted octanol–water partition coefficient (Wildman–Crippen LogP) is 7.59. The fourth-order valence-corrected chi connectivity index (χ4v) is 6.05. The van der Waals surface area contributed by atoms with E-state index in [4.69, 9.17) is 9.40 Å². The highest BCUT2D eigenvalue weighted by Crippen LogP contribution is 2.48. The summed E-state index contributed by atoms with van der Waals surface area (Å²) >= 11 is 0. The van der Waals surface area contributed by atoms with Gasteiger partial charge in [0.1, 0.15) is 7.05 Å². The van der Waals surface area contributed by atoms with Crippen LogP contribution in [0, 0.1) is 13.8 Å². The highest BCUT2D eigenvalue weighted by Gasteiger charge is 2.38. The van der Waals surface area contributed by atoms with Crippen molar-refractivity contribution < 1.29 is 8.98 Å². The summed E-state index contributed by atoms with van der Waals surface area (Å²) in [6.45, 7) is 13.7. The maximum Gasteiger partial charge on any atom is 0.227 e. The standard InChI is InChI=1S/C31H33N2O/c1-18-8-13-24(33(7)17-18)25-19(2)9-11-21-22-16-20-10-12-23-26(27(20)32-29(22)34-28(21)25)31(5,6)15-14-30(23,3)4/h8-13,16-17H,14-15H2,1-7H3/q+1. The molecule has 3 heterocycles. The number of aryl methyl sites for hydroxylation is 3.